The maximum absolute atomic E-state index is 13.2. The molecule has 0 aromatic heterocycles. The quantitative estimate of drug-likeness (QED) is 0.888. The van der Waals surface area contributed by atoms with Crippen LogP contribution in [0.15, 0.2) is 28.7 Å². The van der Waals surface area contributed by atoms with Crippen LogP contribution < -0.4 is 5.32 Å². The average molecular weight is 351 g/mol. The Morgan fingerprint density at radius 3 is 2.57 bits per heavy atom. The van der Waals surface area contributed by atoms with E-state index in [1.54, 1.807) is 0 Å². The van der Waals surface area contributed by atoms with Gasteiger partial charge in [-0.05, 0) is 57.4 Å². The van der Waals surface area contributed by atoms with Gasteiger partial charge < -0.3 is 10.2 Å². The van der Waals surface area contributed by atoms with Gasteiger partial charge >= 0.3 is 0 Å². The highest BCUT2D eigenvalue weighted by atomic mass is 79.9. The Morgan fingerprint density at radius 2 is 1.86 bits per heavy atom. The van der Waals surface area contributed by atoms with Crippen molar-refractivity contribution in [3.05, 3.63) is 34.3 Å². The smallest absolute Gasteiger partial charge is 0.233 e. The maximum atomic E-state index is 13.2. The fourth-order valence-corrected chi connectivity index (χ4v) is 3.89. The predicted molar refractivity (Wildman–Crippen MR) is 88.3 cm³/mol. The van der Waals surface area contributed by atoms with Gasteiger partial charge in [0, 0.05) is 23.1 Å². The van der Waals surface area contributed by atoms with Crippen LogP contribution in [-0.2, 0) is 10.2 Å². The summed E-state index contributed by atoms with van der Waals surface area (Å²) in [4.78, 5) is 15.4. The highest BCUT2D eigenvalue weighted by molar-refractivity contribution is 9.10. The molecule has 0 aliphatic carbocycles. The van der Waals surface area contributed by atoms with Gasteiger partial charge in [-0.2, -0.15) is 0 Å². The summed E-state index contributed by atoms with van der Waals surface area (Å²) in [6.45, 7) is 6.08. The van der Waals surface area contributed by atoms with Crippen LogP contribution >= 0.6 is 15.9 Å². The molecule has 2 aliphatic rings. The van der Waals surface area contributed by atoms with Crippen LogP contribution in [0.1, 0.15) is 38.7 Å². The number of rotatable bonds is 2. The molecule has 2 heterocycles. The van der Waals surface area contributed by atoms with Crippen molar-refractivity contribution in [1.82, 2.24) is 10.2 Å². The first kappa shape index (κ1) is 15.0. The lowest BCUT2D eigenvalue weighted by Gasteiger charge is -2.36. The third kappa shape index (κ3) is 2.76. The average Bonchev–Trinajstić information content (AvgIpc) is 2.71. The number of hydrogen-bond donors (Lipinski definition) is 1. The number of benzene rings is 1. The Hall–Kier alpha value is -0.870. The van der Waals surface area contributed by atoms with Crippen LogP contribution in [0.3, 0.4) is 0 Å². The zero-order valence-corrected chi connectivity index (χ0v) is 14.3. The molecule has 0 saturated carbocycles. The minimum absolute atomic E-state index is 0.279. The number of hydrogen-bond acceptors (Lipinski definition) is 2. The first-order valence-corrected chi connectivity index (χ1v) is 8.59. The van der Waals surface area contributed by atoms with Gasteiger partial charge in [0.15, 0.2) is 0 Å². The molecule has 1 aromatic carbocycles. The van der Waals surface area contributed by atoms with Crippen LogP contribution in [-0.4, -0.2) is 36.0 Å². The summed E-state index contributed by atoms with van der Waals surface area (Å²) in [6.07, 6.45) is 3.38. The van der Waals surface area contributed by atoms with Crippen molar-refractivity contribution in [2.24, 2.45) is 0 Å². The number of nitrogens with one attached hydrogen (secondary N) is 1. The molecule has 114 valence electrons. The second-order valence-corrected chi connectivity index (χ2v) is 7.64. The molecule has 4 heteroatoms. The van der Waals surface area contributed by atoms with E-state index >= 15 is 0 Å². The first-order chi connectivity index (χ1) is 10.00. The summed E-state index contributed by atoms with van der Waals surface area (Å²) in [5, 5.41) is 3.46. The van der Waals surface area contributed by atoms with E-state index in [4.69, 9.17) is 0 Å². The molecule has 2 aliphatic heterocycles. The first-order valence-electron chi connectivity index (χ1n) is 7.79. The molecule has 1 aromatic rings. The van der Waals surface area contributed by atoms with Crippen molar-refractivity contribution >= 4 is 21.8 Å². The Labute approximate surface area is 135 Å². The largest absolute Gasteiger partial charge is 0.335 e. The van der Waals surface area contributed by atoms with E-state index in [9.17, 15) is 4.79 Å². The monoisotopic (exact) mass is 350 g/mol. The number of halogens is 1. The van der Waals surface area contributed by atoms with E-state index in [1.165, 1.54) is 0 Å². The van der Waals surface area contributed by atoms with Crippen molar-refractivity contribution in [3.63, 3.8) is 0 Å². The zero-order valence-electron chi connectivity index (χ0n) is 12.7. The number of nitrogens with zero attached hydrogens (tertiary/aromatic N) is 1. The maximum Gasteiger partial charge on any atom is 0.233 e. The fourth-order valence-electron chi connectivity index (χ4n) is 3.63. The molecule has 1 N–H and O–H groups in total. The molecule has 1 amide bonds. The molecule has 2 saturated heterocycles. The molecule has 3 rings (SSSR count). The summed E-state index contributed by atoms with van der Waals surface area (Å²) < 4.78 is 1.05. The number of fused-ring (bicyclic) bond motifs is 2. The predicted octanol–water partition coefficient (Wildman–Crippen LogP) is 3.08. The minimum Gasteiger partial charge on any atom is -0.335 e. The third-order valence-electron chi connectivity index (χ3n) is 4.99. The van der Waals surface area contributed by atoms with E-state index in [0.717, 1.165) is 42.4 Å². The van der Waals surface area contributed by atoms with Crippen molar-refractivity contribution in [2.75, 3.05) is 13.1 Å². The molecule has 21 heavy (non-hydrogen) atoms. The third-order valence-corrected chi connectivity index (χ3v) is 5.52. The summed E-state index contributed by atoms with van der Waals surface area (Å²) in [7, 11) is 0. The van der Waals surface area contributed by atoms with Crippen molar-refractivity contribution in [3.8, 4) is 0 Å². The second kappa shape index (κ2) is 5.73. The van der Waals surface area contributed by atoms with Crippen LogP contribution in [0.4, 0.5) is 0 Å². The highest BCUT2D eigenvalue weighted by Crippen LogP contribution is 2.34. The minimum atomic E-state index is -0.466. The molecule has 2 unspecified atom stereocenters. The van der Waals surface area contributed by atoms with Crippen LogP contribution in [0.25, 0.3) is 0 Å². The SMILES string of the molecule is CC(C)(C(=O)N1C2CCNCC1CC2)c1ccc(Br)cc1. The molecular formula is C17H23BrN2O. The van der Waals surface area contributed by atoms with Gasteiger partial charge in [0.2, 0.25) is 5.91 Å². The summed E-state index contributed by atoms with van der Waals surface area (Å²) in [5.41, 5.74) is 0.624. The van der Waals surface area contributed by atoms with E-state index in [1.807, 2.05) is 12.1 Å². The highest BCUT2D eigenvalue weighted by Gasteiger charge is 2.43. The summed E-state index contributed by atoms with van der Waals surface area (Å²) >= 11 is 3.46. The van der Waals surface area contributed by atoms with Crippen LogP contribution in [0.2, 0.25) is 0 Å². The summed E-state index contributed by atoms with van der Waals surface area (Å²) in [6, 6.07) is 8.94. The standard InChI is InChI=1S/C17H23BrN2O/c1-17(2,12-3-5-13(18)6-4-12)16(21)20-14-7-8-15(20)11-19-10-9-14/h3-6,14-15,19H,7-11H2,1-2H3. The Kier molecular flexibility index (Phi) is 4.10. The molecule has 0 radical (unpaired) electrons. The number of amides is 1. The van der Waals surface area contributed by atoms with Gasteiger partial charge in [-0.3, -0.25) is 4.79 Å². The molecule has 0 spiro atoms. The molecule has 2 fully saturated rings. The number of carbonyl (C=O) groups is 1. The second-order valence-electron chi connectivity index (χ2n) is 6.72. The van der Waals surface area contributed by atoms with E-state index < -0.39 is 5.41 Å². The lowest BCUT2D eigenvalue weighted by atomic mass is 9.82. The number of carbonyl (C=O) groups excluding carboxylic acids is 1. The lowest BCUT2D eigenvalue weighted by molar-refractivity contribution is -0.139. The van der Waals surface area contributed by atoms with Crippen LogP contribution in [0.5, 0.6) is 0 Å². The van der Waals surface area contributed by atoms with Gasteiger partial charge in [-0.25, -0.2) is 0 Å². The van der Waals surface area contributed by atoms with E-state index in [2.05, 4.69) is 52.1 Å². The van der Waals surface area contributed by atoms with Crippen molar-refractivity contribution in [1.29, 1.82) is 0 Å². The topological polar surface area (TPSA) is 32.3 Å². The summed E-state index contributed by atoms with van der Waals surface area (Å²) in [5.74, 6) is 0.279. The Bertz CT molecular complexity index is 512. The lowest BCUT2D eigenvalue weighted by Crippen LogP contribution is -2.50. The van der Waals surface area contributed by atoms with Gasteiger partial charge in [0.25, 0.3) is 0 Å². The Balaban J connectivity index is 1.87. The van der Waals surface area contributed by atoms with Crippen molar-refractivity contribution < 1.29 is 4.79 Å². The van der Waals surface area contributed by atoms with E-state index in [-0.39, 0.29) is 5.91 Å². The van der Waals surface area contributed by atoms with Crippen LogP contribution in [0, 0.1) is 0 Å². The molecule has 2 bridgehead atoms. The van der Waals surface area contributed by atoms with Gasteiger partial charge in [-0.1, -0.05) is 28.1 Å². The van der Waals surface area contributed by atoms with Crippen molar-refractivity contribution in [2.45, 2.75) is 50.6 Å². The molecular weight excluding hydrogens is 328 g/mol. The van der Waals surface area contributed by atoms with Gasteiger partial charge in [-0.15, -0.1) is 0 Å². The Morgan fingerprint density at radius 1 is 1.19 bits per heavy atom. The normalized spacial score (nSPS) is 25.8. The fraction of sp³-hybridized carbons (Fsp3) is 0.588. The zero-order chi connectivity index (χ0) is 15.0. The van der Waals surface area contributed by atoms with Gasteiger partial charge in [0.1, 0.15) is 0 Å². The van der Waals surface area contributed by atoms with E-state index in [0.29, 0.717) is 12.1 Å². The molecule has 3 nitrogen and oxygen atoms in total. The van der Waals surface area contributed by atoms with Gasteiger partial charge in [0.05, 0.1) is 5.41 Å². The molecule has 2 atom stereocenters.